The number of halogens is 3. The third-order valence-corrected chi connectivity index (χ3v) is 4.11. The molecule has 29 heavy (non-hydrogen) atoms. The SMILES string of the molecule is CCCOc1cccc(NC(=O)c2cnn(-c3ccc(C(F)(F)F)cn3)c2C)c1. The number of pyridine rings is 1. The molecule has 2 aromatic heterocycles. The number of rotatable bonds is 6. The van der Waals surface area contributed by atoms with Crippen LogP contribution in [0.2, 0.25) is 0 Å². The average molecular weight is 404 g/mol. The third-order valence-electron chi connectivity index (χ3n) is 4.11. The van der Waals surface area contributed by atoms with Gasteiger partial charge in [0.25, 0.3) is 5.91 Å². The largest absolute Gasteiger partial charge is 0.494 e. The number of nitrogens with zero attached hydrogens (tertiary/aromatic N) is 3. The van der Waals surface area contributed by atoms with Crippen LogP contribution in [0.5, 0.6) is 5.75 Å². The normalized spacial score (nSPS) is 11.3. The Hall–Kier alpha value is -3.36. The van der Waals surface area contributed by atoms with E-state index in [0.29, 0.717) is 23.7 Å². The summed E-state index contributed by atoms with van der Waals surface area (Å²) in [4.78, 5) is 16.4. The first-order valence-electron chi connectivity index (χ1n) is 8.92. The quantitative estimate of drug-likeness (QED) is 0.650. The number of benzene rings is 1. The first-order valence-corrected chi connectivity index (χ1v) is 8.92. The van der Waals surface area contributed by atoms with Gasteiger partial charge >= 0.3 is 6.18 Å². The summed E-state index contributed by atoms with van der Waals surface area (Å²) in [6.45, 7) is 4.21. The Labute approximate surface area is 165 Å². The van der Waals surface area contributed by atoms with Gasteiger partial charge in [-0.2, -0.15) is 18.3 Å². The van der Waals surface area contributed by atoms with Gasteiger partial charge in [-0.25, -0.2) is 9.67 Å². The lowest BCUT2D eigenvalue weighted by Gasteiger charge is -2.09. The van der Waals surface area contributed by atoms with Gasteiger partial charge in [0, 0.05) is 18.0 Å². The monoisotopic (exact) mass is 404 g/mol. The Morgan fingerprint density at radius 2 is 2.00 bits per heavy atom. The topological polar surface area (TPSA) is 69.0 Å². The molecular weight excluding hydrogens is 385 g/mol. The van der Waals surface area contributed by atoms with Crippen molar-refractivity contribution in [3.63, 3.8) is 0 Å². The minimum Gasteiger partial charge on any atom is -0.494 e. The van der Waals surface area contributed by atoms with Crippen molar-refractivity contribution in [3.05, 3.63) is 65.6 Å². The molecule has 0 radical (unpaired) electrons. The van der Waals surface area contributed by atoms with E-state index in [2.05, 4.69) is 15.4 Å². The van der Waals surface area contributed by atoms with Gasteiger partial charge in [0.05, 0.1) is 29.6 Å². The van der Waals surface area contributed by atoms with Crippen molar-refractivity contribution in [2.45, 2.75) is 26.4 Å². The summed E-state index contributed by atoms with van der Waals surface area (Å²) in [6.07, 6.45) is -1.52. The van der Waals surface area contributed by atoms with E-state index in [9.17, 15) is 18.0 Å². The highest BCUT2D eigenvalue weighted by Crippen LogP contribution is 2.29. The summed E-state index contributed by atoms with van der Waals surface area (Å²) in [7, 11) is 0. The lowest BCUT2D eigenvalue weighted by atomic mass is 10.2. The Morgan fingerprint density at radius 1 is 1.21 bits per heavy atom. The number of aromatic nitrogens is 3. The van der Waals surface area contributed by atoms with Crippen molar-refractivity contribution in [1.82, 2.24) is 14.8 Å². The summed E-state index contributed by atoms with van der Waals surface area (Å²) < 4.78 is 44.9. The number of alkyl halides is 3. The zero-order valence-corrected chi connectivity index (χ0v) is 15.8. The molecule has 0 spiro atoms. The fraction of sp³-hybridized carbons (Fsp3) is 0.250. The third kappa shape index (κ3) is 4.74. The van der Waals surface area contributed by atoms with Crippen molar-refractivity contribution in [2.75, 3.05) is 11.9 Å². The summed E-state index contributed by atoms with van der Waals surface area (Å²) in [5.41, 5.74) is 0.442. The van der Waals surface area contributed by atoms with Crippen molar-refractivity contribution in [2.24, 2.45) is 0 Å². The van der Waals surface area contributed by atoms with Crippen LogP contribution in [0, 0.1) is 6.92 Å². The molecule has 0 unspecified atom stereocenters. The van der Waals surface area contributed by atoms with Crippen LogP contribution >= 0.6 is 0 Å². The fourth-order valence-corrected chi connectivity index (χ4v) is 2.62. The van der Waals surface area contributed by atoms with Crippen LogP contribution < -0.4 is 10.1 Å². The van der Waals surface area contributed by atoms with E-state index in [1.807, 2.05) is 6.92 Å². The van der Waals surface area contributed by atoms with Gasteiger partial charge in [0.15, 0.2) is 5.82 Å². The number of hydrogen-bond donors (Lipinski definition) is 1. The van der Waals surface area contributed by atoms with Crippen molar-refractivity contribution in [1.29, 1.82) is 0 Å². The van der Waals surface area contributed by atoms with Gasteiger partial charge in [-0.3, -0.25) is 4.79 Å². The molecule has 0 saturated carbocycles. The van der Waals surface area contributed by atoms with Gasteiger partial charge in [0.2, 0.25) is 0 Å². The van der Waals surface area contributed by atoms with Crippen LogP contribution in [0.15, 0.2) is 48.8 Å². The second-order valence-corrected chi connectivity index (χ2v) is 6.29. The molecule has 2 heterocycles. The number of amides is 1. The highest BCUT2D eigenvalue weighted by Gasteiger charge is 2.30. The number of carbonyl (C=O) groups excluding carboxylic acids is 1. The number of anilines is 1. The minimum absolute atomic E-state index is 0.185. The molecule has 0 aliphatic rings. The zero-order chi connectivity index (χ0) is 21.0. The van der Waals surface area contributed by atoms with E-state index >= 15 is 0 Å². The van der Waals surface area contributed by atoms with E-state index in [0.717, 1.165) is 18.7 Å². The van der Waals surface area contributed by atoms with Crippen LogP contribution in [-0.4, -0.2) is 27.3 Å². The first-order chi connectivity index (χ1) is 13.8. The van der Waals surface area contributed by atoms with E-state index in [1.54, 1.807) is 31.2 Å². The maximum atomic E-state index is 12.7. The maximum Gasteiger partial charge on any atom is 0.417 e. The lowest BCUT2D eigenvalue weighted by molar-refractivity contribution is -0.137. The molecule has 3 aromatic rings. The Balaban J connectivity index is 1.77. The molecule has 0 aliphatic heterocycles. The predicted molar refractivity (Wildman–Crippen MR) is 101 cm³/mol. The van der Waals surface area contributed by atoms with Gasteiger partial charge in [0.1, 0.15) is 5.75 Å². The molecule has 6 nitrogen and oxygen atoms in total. The van der Waals surface area contributed by atoms with E-state index in [1.165, 1.54) is 16.9 Å². The number of carbonyl (C=O) groups is 1. The molecule has 0 aliphatic carbocycles. The molecule has 1 aromatic carbocycles. The second-order valence-electron chi connectivity index (χ2n) is 6.29. The number of ether oxygens (including phenoxy) is 1. The number of nitrogens with one attached hydrogen (secondary N) is 1. The van der Waals surface area contributed by atoms with E-state index in [-0.39, 0.29) is 11.4 Å². The summed E-state index contributed by atoms with van der Waals surface area (Å²) in [5, 5.41) is 6.85. The van der Waals surface area contributed by atoms with Crippen molar-refractivity contribution in [3.8, 4) is 11.6 Å². The Kier molecular flexibility index (Phi) is 5.86. The Bertz CT molecular complexity index is 998. The summed E-state index contributed by atoms with van der Waals surface area (Å²) >= 11 is 0. The van der Waals surface area contributed by atoms with Crippen LogP contribution in [0.25, 0.3) is 5.82 Å². The molecule has 0 atom stereocenters. The van der Waals surface area contributed by atoms with Gasteiger partial charge < -0.3 is 10.1 Å². The van der Waals surface area contributed by atoms with Gasteiger partial charge in [-0.05, 0) is 37.6 Å². The Morgan fingerprint density at radius 3 is 2.66 bits per heavy atom. The van der Waals surface area contributed by atoms with Crippen LogP contribution in [0.1, 0.15) is 35.0 Å². The molecule has 1 amide bonds. The lowest BCUT2D eigenvalue weighted by Crippen LogP contribution is -2.13. The maximum absolute atomic E-state index is 12.7. The minimum atomic E-state index is -4.47. The van der Waals surface area contributed by atoms with Crippen molar-refractivity contribution < 1.29 is 22.7 Å². The molecule has 1 N–H and O–H groups in total. The summed E-state index contributed by atoms with van der Waals surface area (Å²) in [5.74, 6) is 0.434. The molecule has 0 saturated heterocycles. The summed E-state index contributed by atoms with van der Waals surface area (Å²) in [6, 6.07) is 9.14. The average Bonchev–Trinajstić information content (AvgIpc) is 3.07. The first kappa shape index (κ1) is 20.4. The molecule has 0 fully saturated rings. The highest BCUT2D eigenvalue weighted by molar-refractivity contribution is 6.05. The molecular formula is C20H19F3N4O2. The van der Waals surface area contributed by atoms with E-state index < -0.39 is 17.6 Å². The standard InChI is InChI=1S/C20H19F3N4O2/c1-3-9-29-16-6-4-5-15(10-16)26-19(28)17-12-25-27(13(17)2)18-8-7-14(11-24-18)20(21,22)23/h4-8,10-12H,3,9H2,1-2H3,(H,26,28). The van der Waals surface area contributed by atoms with Gasteiger partial charge in [-0.15, -0.1) is 0 Å². The molecule has 0 bridgehead atoms. The molecule has 152 valence electrons. The molecule has 3 rings (SSSR count). The number of hydrogen-bond acceptors (Lipinski definition) is 4. The highest BCUT2D eigenvalue weighted by atomic mass is 19.4. The van der Waals surface area contributed by atoms with Crippen LogP contribution in [0.4, 0.5) is 18.9 Å². The second kappa shape index (κ2) is 8.34. The van der Waals surface area contributed by atoms with Crippen LogP contribution in [0.3, 0.4) is 0 Å². The smallest absolute Gasteiger partial charge is 0.417 e. The predicted octanol–water partition coefficient (Wildman–Crippen LogP) is 4.64. The fourth-order valence-electron chi connectivity index (χ4n) is 2.62. The van der Waals surface area contributed by atoms with E-state index in [4.69, 9.17) is 4.74 Å². The van der Waals surface area contributed by atoms with Crippen molar-refractivity contribution >= 4 is 11.6 Å². The molecule has 9 heteroatoms. The van der Waals surface area contributed by atoms with Crippen LogP contribution in [-0.2, 0) is 6.18 Å². The zero-order valence-electron chi connectivity index (χ0n) is 15.8. The van der Waals surface area contributed by atoms with Gasteiger partial charge in [-0.1, -0.05) is 13.0 Å².